The van der Waals surface area contributed by atoms with Crippen LogP contribution in [-0.2, 0) is 17.6 Å². The van der Waals surface area contributed by atoms with E-state index in [1.54, 1.807) is 0 Å². The molecule has 1 aliphatic rings. The molecule has 0 aromatic heterocycles. The Morgan fingerprint density at radius 1 is 1.53 bits per heavy atom. The third kappa shape index (κ3) is 1.96. The molecule has 3 nitrogen and oxygen atoms in total. The number of benzene rings is 1. The molecule has 0 amide bonds. The molecule has 3 heteroatoms. The smallest absolute Gasteiger partial charge is 0.307 e. The average Bonchev–Trinajstić information content (AvgIpc) is 2.58. The van der Waals surface area contributed by atoms with Gasteiger partial charge in [0.25, 0.3) is 0 Å². The van der Waals surface area contributed by atoms with Crippen molar-refractivity contribution in [3.05, 3.63) is 29.3 Å². The summed E-state index contributed by atoms with van der Waals surface area (Å²) in [5, 5.41) is 8.70. The van der Waals surface area contributed by atoms with Crippen LogP contribution in [0.4, 0.5) is 5.69 Å². The lowest BCUT2D eigenvalue weighted by Crippen LogP contribution is -2.19. The third-order valence-corrected chi connectivity index (χ3v) is 2.87. The minimum absolute atomic E-state index is 0.124. The third-order valence-electron chi connectivity index (χ3n) is 2.87. The lowest BCUT2D eigenvalue weighted by atomic mass is 10.1. The largest absolute Gasteiger partial charge is 0.481 e. The predicted octanol–water partition coefficient (Wildman–Crippen LogP) is 1.70. The van der Waals surface area contributed by atoms with Crippen LogP contribution in [0.1, 0.15) is 18.1 Å². The SMILES string of the molecule is CCN1CCc2cc(CC(=O)O)ccc21. The van der Waals surface area contributed by atoms with E-state index >= 15 is 0 Å². The number of rotatable bonds is 3. The predicted molar refractivity (Wildman–Crippen MR) is 59.4 cm³/mol. The van der Waals surface area contributed by atoms with Crippen LogP contribution in [0.2, 0.25) is 0 Å². The Labute approximate surface area is 89.3 Å². The number of carboxylic acid groups (broad SMARTS) is 1. The van der Waals surface area contributed by atoms with Crippen LogP contribution >= 0.6 is 0 Å². The molecule has 1 aromatic rings. The Hall–Kier alpha value is -1.51. The average molecular weight is 205 g/mol. The van der Waals surface area contributed by atoms with Crippen molar-refractivity contribution in [1.29, 1.82) is 0 Å². The Morgan fingerprint density at radius 2 is 2.33 bits per heavy atom. The van der Waals surface area contributed by atoms with Gasteiger partial charge in [-0.2, -0.15) is 0 Å². The molecular weight excluding hydrogens is 190 g/mol. The molecule has 0 radical (unpaired) electrons. The summed E-state index contributed by atoms with van der Waals surface area (Å²) in [6.45, 7) is 4.22. The lowest BCUT2D eigenvalue weighted by molar-refractivity contribution is -0.136. The maximum absolute atomic E-state index is 10.6. The molecule has 0 aliphatic carbocycles. The van der Waals surface area contributed by atoms with Gasteiger partial charge in [0.15, 0.2) is 0 Å². The summed E-state index contributed by atoms with van der Waals surface area (Å²) in [6.07, 6.45) is 1.16. The summed E-state index contributed by atoms with van der Waals surface area (Å²) in [6, 6.07) is 5.99. The zero-order chi connectivity index (χ0) is 10.8. The molecule has 1 aliphatic heterocycles. The minimum atomic E-state index is -0.764. The topological polar surface area (TPSA) is 40.5 Å². The van der Waals surface area contributed by atoms with Crippen molar-refractivity contribution < 1.29 is 9.90 Å². The zero-order valence-electron chi connectivity index (χ0n) is 8.86. The second-order valence-corrected chi connectivity index (χ2v) is 3.86. The van der Waals surface area contributed by atoms with Gasteiger partial charge in [-0.05, 0) is 30.5 Å². The standard InChI is InChI=1S/C12H15NO2/c1-2-13-6-5-10-7-9(8-12(14)15)3-4-11(10)13/h3-4,7H,2,5-6,8H2,1H3,(H,14,15). The van der Waals surface area contributed by atoms with E-state index in [9.17, 15) is 4.79 Å². The van der Waals surface area contributed by atoms with Gasteiger partial charge in [0.2, 0.25) is 0 Å². The first-order valence-corrected chi connectivity index (χ1v) is 5.29. The maximum atomic E-state index is 10.6. The molecule has 1 N–H and O–H groups in total. The van der Waals surface area contributed by atoms with Crippen molar-refractivity contribution in [2.24, 2.45) is 0 Å². The normalized spacial score (nSPS) is 14.1. The van der Waals surface area contributed by atoms with Crippen LogP contribution in [-0.4, -0.2) is 24.2 Å². The number of carbonyl (C=O) groups is 1. The van der Waals surface area contributed by atoms with E-state index in [-0.39, 0.29) is 6.42 Å². The second kappa shape index (κ2) is 3.93. The summed E-state index contributed by atoms with van der Waals surface area (Å²) < 4.78 is 0. The summed E-state index contributed by atoms with van der Waals surface area (Å²) >= 11 is 0. The van der Waals surface area contributed by atoms with Crippen molar-refractivity contribution in [2.75, 3.05) is 18.0 Å². The molecule has 1 heterocycles. The van der Waals surface area contributed by atoms with E-state index in [2.05, 4.69) is 11.8 Å². The molecule has 2 rings (SSSR count). The molecule has 0 unspecified atom stereocenters. The van der Waals surface area contributed by atoms with Gasteiger partial charge in [-0.1, -0.05) is 12.1 Å². The Balaban J connectivity index is 2.25. The van der Waals surface area contributed by atoms with Gasteiger partial charge in [-0.3, -0.25) is 4.79 Å². The molecule has 0 saturated carbocycles. The van der Waals surface area contributed by atoms with Crippen molar-refractivity contribution in [3.8, 4) is 0 Å². The van der Waals surface area contributed by atoms with Crippen LogP contribution in [0.15, 0.2) is 18.2 Å². The number of hydrogen-bond donors (Lipinski definition) is 1. The van der Waals surface area contributed by atoms with Crippen molar-refractivity contribution in [3.63, 3.8) is 0 Å². The highest BCUT2D eigenvalue weighted by Gasteiger charge is 2.17. The first kappa shape index (κ1) is 10.0. The first-order valence-electron chi connectivity index (χ1n) is 5.29. The number of carboxylic acids is 1. The molecule has 15 heavy (non-hydrogen) atoms. The minimum Gasteiger partial charge on any atom is -0.481 e. The summed E-state index contributed by atoms with van der Waals surface area (Å²) in [7, 11) is 0. The van der Waals surface area contributed by atoms with Gasteiger partial charge in [-0.25, -0.2) is 0 Å². The number of aliphatic carboxylic acids is 1. The second-order valence-electron chi connectivity index (χ2n) is 3.86. The van der Waals surface area contributed by atoms with E-state index in [1.165, 1.54) is 11.3 Å². The molecule has 0 atom stereocenters. The summed E-state index contributed by atoms with van der Waals surface area (Å²) in [5.41, 5.74) is 3.46. The highest BCUT2D eigenvalue weighted by Crippen LogP contribution is 2.28. The zero-order valence-corrected chi connectivity index (χ0v) is 8.86. The molecule has 0 bridgehead atoms. The quantitative estimate of drug-likeness (QED) is 0.816. The molecule has 80 valence electrons. The van der Waals surface area contributed by atoms with Crippen LogP contribution in [0.25, 0.3) is 0 Å². The maximum Gasteiger partial charge on any atom is 0.307 e. The molecule has 0 saturated heterocycles. The summed E-state index contributed by atoms with van der Waals surface area (Å²) in [5.74, 6) is -0.764. The molecule has 1 aromatic carbocycles. The van der Waals surface area contributed by atoms with Gasteiger partial charge in [-0.15, -0.1) is 0 Å². The van der Waals surface area contributed by atoms with E-state index in [1.807, 2.05) is 18.2 Å². The van der Waals surface area contributed by atoms with Gasteiger partial charge in [0.1, 0.15) is 0 Å². The number of likely N-dealkylation sites (N-methyl/N-ethyl adjacent to an activating group) is 1. The molecular formula is C12H15NO2. The highest BCUT2D eigenvalue weighted by atomic mass is 16.4. The number of fused-ring (bicyclic) bond motifs is 1. The van der Waals surface area contributed by atoms with E-state index in [0.29, 0.717) is 0 Å². The van der Waals surface area contributed by atoms with Crippen LogP contribution in [0.3, 0.4) is 0 Å². The van der Waals surface area contributed by atoms with Crippen molar-refractivity contribution >= 4 is 11.7 Å². The fraction of sp³-hybridized carbons (Fsp3) is 0.417. The van der Waals surface area contributed by atoms with Crippen LogP contribution < -0.4 is 4.90 Å². The molecule has 0 spiro atoms. The number of hydrogen-bond acceptors (Lipinski definition) is 2. The first-order chi connectivity index (χ1) is 7.20. The van der Waals surface area contributed by atoms with Gasteiger partial charge in [0, 0.05) is 18.8 Å². The lowest BCUT2D eigenvalue weighted by Gasteiger charge is -2.16. The van der Waals surface area contributed by atoms with E-state index < -0.39 is 5.97 Å². The Bertz CT molecular complexity index is 387. The van der Waals surface area contributed by atoms with Gasteiger partial charge >= 0.3 is 5.97 Å². The van der Waals surface area contributed by atoms with Crippen molar-refractivity contribution in [1.82, 2.24) is 0 Å². The number of anilines is 1. The van der Waals surface area contributed by atoms with E-state index in [4.69, 9.17) is 5.11 Å². The highest BCUT2D eigenvalue weighted by molar-refractivity contribution is 5.71. The van der Waals surface area contributed by atoms with E-state index in [0.717, 1.165) is 25.1 Å². The fourth-order valence-corrected chi connectivity index (χ4v) is 2.14. The Kier molecular flexibility index (Phi) is 2.62. The summed E-state index contributed by atoms with van der Waals surface area (Å²) in [4.78, 5) is 12.9. The Morgan fingerprint density at radius 3 is 3.00 bits per heavy atom. The number of nitrogens with zero attached hydrogens (tertiary/aromatic N) is 1. The van der Waals surface area contributed by atoms with Gasteiger partial charge in [0.05, 0.1) is 6.42 Å². The monoisotopic (exact) mass is 205 g/mol. The fourth-order valence-electron chi connectivity index (χ4n) is 2.14. The van der Waals surface area contributed by atoms with Crippen LogP contribution in [0.5, 0.6) is 0 Å². The molecule has 0 fully saturated rings. The van der Waals surface area contributed by atoms with Gasteiger partial charge < -0.3 is 10.0 Å². The van der Waals surface area contributed by atoms with Crippen molar-refractivity contribution in [2.45, 2.75) is 19.8 Å². The van der Waals surface area contributed by atoms with Crippen LogP contribution in [0, 0.1) is 0 Å².